The minimum atomic E-state index is -0.403. The first kappa shape index (κ1) is 14.7. The molecule has 3 N–H and O–H groups in total. The summed E-state index contributed by atoms with van der Waals surface area (Å²) in [6.07, 6.45) is 2.61. The summed E-state index contributed by atoms with van der Waals surface area (Å²) in [5.74, 6) is 6.10. The van der Waals surface area contributed by atoms with Crippen LogP contribution in [0, 0.1) is 16.0 Å². The molecule has 2 rings (SSSR count). The Morgan fingerprint density at radius 1 is 1.50 bits per heavy atom. The molecule has 1 aromatic rings. The summed E-state index contributed by atoms with van der Waals surface area (Å²) in [6, 6.07) is 5.60. The quantitative estimate of drug-likeness (QED) is 0.455. The molecule has 0 saturated heterocycles. The molecule has 0 bridgehead atoms. The Balaban J connectivity index is 2.14. The third kappa shape index (κ3) is 3.68. The SMILES string of the molecule is CC(C)N(Cc1ccc(NN)c([N+](=O)[O-])c1)CC1CC1. The number of benzene rings is 1. The Morgan fingerprint density at radius 3 is 2.70 bits per heavy atom. The van der Waals surface area contributed by atoms with Crippen molar-refractivity contribution in [2.45, 2.75) is 39.3 Å². The van der Waals surface area contributed by atoms with Gasteiger partial charge < -0.3 is 5.43 Å². The van der Waals surface area contributed by atoms with Crippen LogP contribution in [0.5, 0.6) is 0 Å². The second-order valence-corrected chi connectivity index (χ2v) is 5.72. The highest BCUT2D eigenvalue weighted by Crippen LogP contribution is 2.31. The molecule has 110 valence electrons. The Hall–Kier alpha value is -1.66. The summed E-state index contributed by atoms with van der Waals surface area (Å²) < 4.78 is 0. The number of nitrogens with one attached hydrogen (secondary N) is 1. The van der Waals surface area contributed by atoms with Crippen LogP contribution in [0.15, 0.2) is 18.2 Å². The van der Waals surface area contributed by atoms with Crippen molar-refractivity contribution in [3.8, 4) is 0 Å². The monoisotopic (exact) mass is 278 g/mol. The molecule has 0 aromatic heterocycles. The molecule has 1 fully saturated rings. The van der Waals surface area contributed by atoms with E-state index in [-0.39, 0.29) is 5.69 Å². The molecule has 0 radical (unpaired) electrons. The second kappa shape index (κ2) is 6.19. The average Bonchev–Trinajstić information content (AvgIpc) is 3.21. The maximum Gasteiger partial charge on any atom is 0.293 e. The Kier molecular flexibility index (Phi) is 4.57. The summed E-state index contributed by atoms with van der Waals surface area (Å²) in [5.41, 5.74) is 3.69. The van der Waals surface area contributed by atoms with Crippen molar-refractivity contribution in [1.29, 1.82) is 0 Å². The lowest BCUT2D eigenvalue weighted by Gasteiger charge is -2.26. The van der Waals surface area contributed by atoms with E-state index in [4.69, 9.17) is 5.84 Å². The Morgan fingerprint density at radius 2 is 2.20 bits per heavy atom. The molecule has 20 heavy (non-hydrogen) atoms. The molecule has 0 atom stereocenters. The van der Waals surface area contributed by atoms with Gasteiger partial charge in [-0.1, -0.05) is 6.07 Å². The first-order valence-electron chi connectivity index (χ1n) is 6.99. The summed E-state index contributed by atoms with van der Waals surface area (Å²) >= 11 is 0. The van der Waals surface area contributed by atoms with Crippen molar-refractivity contribution in [1.82, 2.24) is 4.90 Å². The fourth-order valence-corrected chi connectivity index (χ4v) is 2.27. The molecule has 1 aliphatic rings. The molecule has 0 aliphatic heterocycles. The number of nitro groups is 1. The summed E-state index contributed by atoms with van der Waals surface area (Å²) in [4.78, 5) is 13.0. The molecule has 1 saturated carbocycles. The zero-order chi connectivity index (χ0) is 14.7. The zero-order valence-electron chi connectivity index (χ0n) is 12.0. The van der Waals surface area contributed by atoms with Gasteiger partial charge in [0.2, 0.25) is 0 Å². The number of nitrogens with two attached hydrogens (primary N) is 1. The summed E-state index contributed by atoms with van der Waals surface area (Å²) in [6.45, 7) is 6.13. The molecule has 6 heteroatoms. The third-order valence-electron chi connectivity index (χ3n) is 3.72. The van der Waals surface area contributed by atoms with Crippen LogP contribution in [0.4, 0.5) is 11.4 Å². The largest absolute Gasteiger partial charge is 0.318 e. The van der Waals surface area contributed by atoms with E-state index in [1.165, 1.54) is 12.8 Å². The molecule has 0 unspecified atom stereocenters. The van der Waals surface area contributed by atoms with Gasteiger partial charge in [-0.05, 0) is 44.2 Å². The van der Waals surface area contributed by atoms with E-state index in [2.05, 4.69) is 24.2 Å². The number of anilines is 1. The Bertz CT molecular complexity index is 486. The maximum absolute atomic E-state index is 11.0. The number of nitrogens with zero attached hydrogens (tertiary/aromatic N) is 2. The molecular formula is C14H22N4O2. The van der Waals surface area contributed by atoms with E-state index in [9.17, 15) is 10.1 Å². The van der Waals surface area contributed by atoms with E-state index in [1.54, 1.807) is 12.1 Å². The third-order valence-corrected chi connectivity index (χ3v) is 3.72. The van der Waals surface area contributed by atoms with Crippen LogP contribution in [0.1, 0.15) is 32.3 Å². The van der Waals surface area contributed by atoms with Gasteiger partial charge in [-0.15, -0.1) is 0 Å². The minimum Gasteiger partial charge on any atom is -0.318 e. The van der Waals surface area contributed by atoms with Crippen LogP contribution >= 0.6 is 0 Å². The van der Waals surface area contributed by atoms with Gasteiger partial charge >= 0.3 is 0 Å². The van der Waals surface area contributed by atoms with Crippen molar-refractivity contribution in [3.63, 3.8) is 0 Å². The molecule has 1 aliphatic carbocycles. The van der Waals surface area contributed by atoms with Gasteiger partial charge in [0.05, 0.1) is 4.92 Å². The highest BCUT2D eigenvalue weighted by molar-refractivity contribution is 5.61. The number of hydrogen-bond acceptors (Lipinski definition) is 5. The fourth-order valence-electron chi connectivity index (χ4n) is 2.27. The van der Waals surface area contributed by atoms with Crippen LogP contribution in [0.25, 0.3) is 0 Å². The molecule has 0 spiro atoms. The van der Waals surface area contributed by atoms with Crippen molar-refractivity contribution in [2.75, 3.05) is 12.0 Å². The van der Waals surface area contributed by atoms with Crippen molar-refractivity contribution < 1.29 is 4.92 Å². The number of nitrogen functional groups attached to an aromatic ring is 1. The number of hydrazine groups is 1. The molecule has 6 nitrogen and oxygen atoms in total. The highest BCUT2D eigenvalue weighted by Gasteiger charge is 2.26. The molecular weight excluding hydrogens is 256 g/mol. The highest BCUT2D eigenvalue weighted by atomic mass is 16.6. The first-order chi connectivity index (χ1) is 9.51. The summed E-state index contributed by atoms with van der Waals surface area (Å²) in [5, 5.41) is 11.0. The predicted octanol–water partition coefficient (Wildman–Crippen LogP) is 2.50. The van der Waals surface area contributed by atoms with E-state index < -0.39 is 4.92 Å². The van der Waals surface area contributed by atoms with Gasteiger partial charge in [-0.2, -0.15) is 0 Å². The Labute approximate surface area is 119 Å². The molecule has 1 aromatic carbocycles. The predicted molar refractivity (Wildman–Crippen MR) is 79.2 cm³/mol. The van der Waals surface area contributed by atoms with Gasteiger partial charge in [-0.3, -0.25) is 20.9 Å². The minimum absolute atomic E-state index is 0.0279. The van der Waals surface area contributed by atoms with E-state index >= 15 is 0 Å². The lowest BCUT2D eigenvalue weighted by Crippen LogP contribution is -2.32. The van der Waals surface area contributed by atoms with Gasteiger partial charge in [0.15, 0.2) is 0 Å². The standard InChI is InChI=1S/C14H22N4O2/c1-10(2)17(8-11-3-4-11)9-12-5-6-13(16-15)14(7-12)18(19)20/h5-7,10-11,16H,3-4,8-9,15H2,1-2H3. The van der Waals surface area contributed by atoms with Crippen molar-refractivity contribution >= 4 is 11.4 Å². The molecule has 0 heterocycles. The topological polar surface area (TPSA) is 84.4 Å². The normalized spacial score (nSPS) is 14.8. The number of nitro benzene ring substituents is 1. The average molecular weight is 278 g/mol. The van der Waals surface area contributed by atoms with E-state index in [1.807, 2.05) is 6.07 Å². The lowest BCUT2D eigenvalue weighted by atomic mass is 10.1. The van der Waals surface area contributed by atoms with Gasteiger partial charge in [-0.25, -0.2) is 0 Å². The van der Waals surface area contributed by atoms with E-state index in [0.29, 0.717) is 11.7 Å². The van der Waals surface area contributed by atoms with Gasteiger partial charge in [0, 0.05) is 25.2 Å². The van der Waals surface area contributed by atoms with E-state index in [0.717, 1.165) is 24.6 Å². The second-order valence-electron chi connectivity index (χ2n) is 5.72. The van der Waals surface area contributed by atoms with Gasteiger partial charge in [0.1, 0.15) is 5.69 Å². The lowest BCUT2D eigenvalue weighted by molar-refractivity contribution is -0.384. The summed E-state index contributed by atoms with van der Waals surface area (Å²) in [7, 11) is 0. The van der Waals surface area contributed by atoms with Crippen LogP contribution in [-0.2, 0) is 6.54 Å². The maximum atomic E-state index is 11.0. The first-order valence-corrected chi connectivity index (χ1v) is 6.99. The van der Waals surface area contributed by atoms with Crippen LogP contribution in [-0.4, -0.2) is 22.4 Å². The number of rotatable bonds is 7. The van der Waals surface area contributed by atoms with Gasteiger partial charge in [0.25, 0.3) is 5.69 Å². The van der Waals surface area contributed by atoms with Crippen LogP contribution in [0.2, 0.25) is 0 Å². The molecule has 0 amide bonds. The smallest absolute Gasteiger partial charge is 0.293 e. The number of hydrogen-bond donors (Lipinski definition) is 2. The zero-order valence-corrected chi connectivity index (χ0v) is 12.0. The fraction of sp³-hybridized carbons (Fsp3) is 0.571. The van der Waals surface area contributed by atoms with Crippen molar-refractivity contribution in [3.05, 3.63) is 33.9 Å². The van der Waals surface area contributed by atoms with Crippen LogP contribution < -0.4 is 11.3 Å². The van der Waals surface area contributed by atoms with Crippen molar-refractivity contribution in [2.24, 2.45) is 11.8 Å². The van der Waals surface area contributed by atoms with Crippen LogP contribution in [0.3, 0.4) is 0 Å².